The Bertz CT molecular complexity index is 548. The number of allylic oxidation sites excluding steroid dienone is 3. The van der Waals surface area contributed by atoms with Crippen LogP contribution in [0.5, 0.6) is 0 Å². The van der Waals surface area contributed by atoms with E-state index in [9.17, 15) is 4.79 Å². The van der Waals surface area contributed by atoms with E-state index in [0.29, 0.717) is 18.6 Å². The van der Waals surface area contributed by atoms with E-state index in [0.717, 1.165) is 23.1 Å². The third kappa shape index (κ3) is 2.57. The molecule has 1 aromatic heterocycles. The molecule has 17 heavy (non-hydrogen) atoms. The molecule has 2 rings (SSSR count). The lowest BCUT2D eigenvalue weighted by Gasteiger charge is -2.17. The number of rotatable bonds is 2. The minimum Gasteiger partial charge on any atom is -0.299 e. The van der Waals surface area contributed by atoms with Gasteiger partial charge in [0, 0.05) is 24.0 Å². The lowest BCUT2D eigenvalue weighted by atomic mass is 9.85. The molecule has 0 unspecified atom stereocenters. The highest BCUT2D eigenvalue weighted by Crippen LogP contribution is 2.33. The summed E-state index contributed by atoms with van der Waals surface area (Å²) in [7, 11) is 0. The Morgan fingerprint density at radius 2 is 2.29 bits per heavy atom. The summed E-state index contributed by atoms with van der Waals surface area (Å²) in [5.74, 6) is 0.309. The van der Waals surface area contributed by atoms with Crippen LogP contribution in [0.3, 0.4) is 0 Å². The molecule has 0 saturated carbocycles. The van der Waals surface area contributed by atoms with Gasteiger partial charge in [0.05, 0.1) is 0 Å². The van der Waals surface area contributed by atoms with Gasteiger partial charge in [0.2, 0.25) is 0 Å². The zero-order valence-corrected chi connectivity index (χ0v) is 10.7. The van der Waals surface area contributed by atoms with Crippen LogP contribution in [0.25, 0.3) is 5.57 Å². The number of Topliss-reactive ketones (excluding diaryl/α,β-unsaturated/α-hetero) is 1. The Morgan fingerprint density at radius 1 is 1.47 bits per heavy atom. The zero-order valence-electron chi connectivity index (χ0n) is 9.88. The molecular weight excluding hydrogens is 228 g/mol. The maximum Gasteiger partial charge on any atom is 0.137 e. The molecule has 0 aliphatic heterocycles. The Morgan fingerprint density at radius 3 is 2.94 bits per heavy atom. The highest BCUT2D eigenvalue weighted by Gasteiger charge is 2.19. The molecule has 1 heterocycles. The first-order valence-corrected chi connectivity index (χ1v) is 6.55. The van der Waals surface area contributed by atoms with Gasteiger partial charge in [-0.1, -0.05) is 17.0 Å². The highest BCUT2D eigenvalue weighted by atomic mass is 32.1. The van der Waals surface area contributed by atoms with Crippen molar-refractivity contribution in [1.29, 1.82) is 0 Å². The Hall–Kier alpha value is -1.59. The van der Waals surface area contributed by atoms with Crippen LogP contribution in [-0.4, -0.2) is 5.78 Å². The van der Waals surface area contributed by atoms with Crippen molar-refractivity contribution in [1.82, 2.24) is 0 Å². The summed E-state index contributed by atoms with van der Waals surface area (Å²) in [6.07, 6.45) is 2.05. The number of hydrogen-bond acceptors (Lipinski definition) is 2. The van der Waals surface area contributed by atoms with Crippen molar-refractivity contribution < 1.29 is 4.79 Å². The molecule has 0 bridgehead atoms. The van der Waals surface area contributed by atoms with Gasteiger partial charge in [-0.25, -0.2) is 0 Å². The van der Waals surface area contributed by atoms with E-state index >= 15 is 0 Å². The summed E-state index contributed by atoms with van der Waals surface area (Å²) >= 11 is 1.64. The smallest absolute Gasteiger partial charge is 0.137 e. The minimum absolute atomic E-state index is 0.309. The molecule has 0 atom stereocenters. The van der Waals surface area contributed by atoms with Crippen molar-refractivity contribution in [2.24, 2.45) is 0 Å². The number of carbonyl (C=O) groups is 1. The lowest BCUT2D eigenvalue weighted by molar-refractivity contribution is -0.118. The number of carbonyl (C=O) groups excluding carboxylic acids is 1. The molecule has 0 spiro atoms. The van der Waals surface area contributed by atoms with Gasteiger partial charge in [0.15, 0.2) is 0 Å². The van der Waals surface area contributed by atoms with E-state index in [1.807, 2.05) is 11.4 Å². The molecular formula is C15H14OS. The second-order valence-corrected chi connectivity index (χ2v) is 4.94. The van der Waals surface area contributed by atoms with E-state index in [1.54, 1.807) is 11.3 Å². The average Bonchev–Trinajstić information content (AvgIpc) is 2.83. The van der Waals surface area contributed by atoms with E-state index in [1.165, 1.54) is 5.57 Å². The number of ketones is 1. The fourth-order valence-corrected chi connectivity index (χ4v) is 2.68. The summed E-state index contributed by atoms with van der Waals surface area (Å²) in [6.45, 7) is 5.68. The summed E-state index contributed by atoms with van der Waals surface area (Å²) in [5, 5.41) is 4.10. The zero-order chi connectivity index (χ0) is 12.3. The summed E-state index contributed by atoms with van der Waals surface area (Å²) in [4.78, 5) is 11.6. The Kier molecular flexibility index (Phi) is 3.61. The van der Waals surface area contributed by atoms with Crippen LogP contribution >= 0.6 is 11.3 Å². The maximum atomic E-state index is 11.6. The van der Waals surface area contributed by atoms with E-state index in [4.69, 9.17) is 0 Å². The first-order valence-electron chi connectivity index (χ1n) is 5.60. The molecule has 0 amide bonds. The third-order valence-electron chi connectivity index (χ3n) is 2.99. The van der Waals surface area contributed by atoms with Crippen LogP contribution in [0.4, 0.5) is 0 Å². The molecule has 1 nitrogen and oxygen atoms in total. The van der Waals surface area contributed by atoms with Crippen LogP contribution in [0.15, 0.2) is 46.0 Å². The van der Waals surface area contributed by atoms with Crippen LogP contribution in [-0.2, 0) is 4.79 Å². The first-order chi connectivity index (χ1) is 8.22. The van der Waals surface area contributed by atoms with Gasteiger partial charge < -0.3 is 0 Å². The predicted molar refractivity (Wildman–Crippen MR) is 71.9 cm³/mol. The topological polar surface area (TPSA) is 17.1 Å². The molecule has 1 aromatic rings. The van der Waals surface area contributed by atoms with Gasteiger partial charge in [-0.05, 0) is 42.3 Å². The monoisotopic (exact) mass is 242 g/mol. The summed E-state index contributed by atoms with van der Waals surface area (Å²) < 4.78 is 0. The van der Waals surface area contributed by atoms with Crippen molar-refractivity contribution in [2.75, 3.05) is 0 Å². The van der Waals surface area contributed by atoms with E-state index < -0.39 is 0 Å². The summed E-state index contributed by atoms with van der Waals surface area (Å²) in [5.41, 5.74) is 10.2. The molecule has 0 N–H and O–H groups in total. The molecule has 2 heteroatoms. The molecule has 86 valence electrons. The molecule has 0 aromatic carbocycles. The van der Waals surface area contributed by atoms with E-state index in [-0.39, 0.29) is 0 Å². The maximum absolute atomic E-state index is 11.6. The van der Waals surface area contributed by atoms with Gasteiger partial charge in [0.1, 0.15) is 5.78 Å². The van der Waals surface area contributed by atoms with Gasteiger partial charge >= 0.3 is 0 Å². The molecule has 1 aliphatic rings. The van der Waals surface area contributed by atoms with Gasteiger partial charge in [0.25, 0.3) is 0 Å². The fourth-order valence-electron chi connectivity index (χ4n) is 2.03. The number of thiophene rings is 1. The molecule has 0 saturated heterocycles. The third-order valence-corrected chi connectivity index (χ3v) is 3.68. The number of hydrogen-bond donors (Lipinski definition) is 0. The van der Waals surface area contributed by atoms with Crippen molar-refractivity contribution >= 4 is 22.7 Å². The minimum atomic E-state index is 0.309. The fraction of sp³-hybridized carbons (Fsp3) is 0.267. The molecule has 0 fully saturated rings. The molecule has 1 aliphatic carbocycles. The highest BCUT2D eigenvalue weighted by molar-refractivity contribution is 7.08. The SMILES string of the molecule is C=C=C=C(C1=C(C)CCC(=O)C1)c1ccsc1. The van der Waals surface area contributed by atoms with Crippen LogP contribution in [0.2, 0.25) is 0 Å². The van der Waals surface area contributed by atoms with Gasteiger partial charge in [-0.3, -0.25) is 4.79 Å². The average molecular weight is 242 g/mol. The van der Waals surface area contributed by atoms with Crippen molar-refractivity contribution in [3.05, 3.63) is 51.6 Å². The Labute approximate surface area is 105 Å². The molecule has 0 radical (unpaired) electrons. The standard InChI is InChI=1S/C15H14OS/c1-3-4-14(12-7-8-17-10-12)15-9-13(16)6-5-11(15)2/h7-8,10H,1,5-6,9H2,2H3. The second kappa shape index (κ2) is 5.16. The second-order valence-electron chi connectivity index (χ2n) is 4.16. The summed E-state index contributed by atoms with van der Waals surface area (Å²) in [6, 6.07) is 2.05. The Balaban J connectivity index is 2.53. The van der Waals surface area contributed by atoms with Crippen LogP contribution < -0.4 is 0 Å². The first kappa shape index (κ1) is 11.9. The largest absolute Gasteiger partial charge is 0.299 e. The van der Waals surface area contributed by atoms with Gasteiger partial charge in [-0.2, -0.15) is 11.3 Å². The normalized spacial score (nSPS) is 15.5. The predicted octanol–water partition coefficient (Wildman–Crippen LogP) is 4.14. The quantitative estimate of drug-likeness (QED) is 0.712. The van der Waals surface area contributed by atoms with Crippen molar-refractivity contribution in [2.45, 2.75) is 26.2 Å². The lowest BCUT2D eigenvalue weighted by Crippen LogP contribution is -2.09. The van der Waals surface area contributed by atoms with Crippen LogP contribution in [0, 0.1) is 0 Å². The van der Waals surface area contributed by atoms with E-state index in [2.05, 4.69) is 30.3 Å². The van der Waals surface area contributed by atoms with Gasteiger partial charge in [-0.15, -0.1) is 0 Å². The van der Waals surface area contributed by atoms with Crippen molar-refractivity contribution in [3.8, 4) is 0 Å². The van der Waals surface area contributed by atoms with Crippen molar-refractivity contribution in [3.63, 3.8) is 0 Å². The van der Waals surface area contributed by atoms with Crippen LogP contribution in [0.1, 0.15) is 31.7 Å².